The van der Waals surface area contributed by atoms with Crippen LogP contribution in [0.2, 0.25) is 0 Å². The fraction of sp³-hybridized carbons (Fsp3) is 0.621. The molecule has 1 N–H and O–H groups in total. The number of carbonyl (C=O) groups is 1. The number of nitrogens with zero attached hydrogens (tertiary/aromatic N) is 3. The quantitative estimate of drug-likeness (QED) is 0.467. The van der Waals surface area contributed by atoms with E-state index in [1.54, 1.807) is 0 Å². The van der Waals surface area contributed by atoms with Crippen molar-refractivity contribution in [2.75, 3.05) is 18.0 Å². The van der Waals surface area contributed by atoms with Crippen LogP contribution in [-0.2, 0) is 9.53 Å². The number of hydrogen-bond donors (Lipinski definition) is 1. The Bertz CT molecular complexity index is 1080. The van der Waals surface area contributed by atoms with Gasteiger partial charge in [0.25, 0.3) is 0 Å². The van der Waals surface area contributed by atoms with Crippen molar-refractivity contribution in [1.29, 1.82) is 0 Å². The molecule has 1 saturated carbocycles. The maximum absolute atomic E-state index is 12.5. The molecule has 0 aromatic carbocycles. The second kappa shape index (κ2) is 10.0. The lowest BCUT2D eigenvalue weighted by Crippen LogP contribution is -2.39. The molecule has 0 radical (unpaired) electrons. The minimum Gasteiger partial charge on any atom is -0.479 e. The summed E-state index contributed by atoms with van der Waals surface area (Å²) in [7, 11) is 0. The van der Waals surface area contributed by atoms with Gasteiger partial charge in [-0.25, -0.2) is 9.78 Å². The molecule has 3 heterocycles. The number of pyridine rings is 2. The van der Waals surface area contributed by atoms with Gasteiger partial charge in [-0.05, 0) is 77.7 Å². The van der Waals surface area contributed by atoms with Crippen molar-refractivity contribution < 1.29 is 19.4 Å². The van der Waals surface area contributed by atoms with E-state index in [-0.39, 0.29) is 11.5 Å². The van der Waals surface area contributed by atoms with Gasteiger partial charge in [-0.1, -0.05) is 13.8 Å². The highest BCUT2D eigenvalue weighted by Gasteiger charge is 2.36. The number of anilines is 1. The standard InChI is InChI=1S/C29H41N3O4/c1-18-24(26(27(33)34)36-28(3,4)5)25(32-14-12-29(6,7)13-15-32)22(17-30-18)21-10-11-23(31-16-21)35-19(2)20-8-9-20/h10-11,16-17,19-20,26H,8-9,12-15H2,1-7H3,(H,33,34)/t19-,26-/m0/s1. The zero-order valence-corrected chi connectivity index (χ0v) is 22.8. The van der Waals surface area contributed by atoms with Crippen LogP contribution in [0.1, 0.15) is 84.6 Å². The highest BCUT2D eigenvalue weighted by Crippen LogP contribution is 2.43. The molecule has 0 bridgehead atoms. The molecular formula is C29H41N3O4. The van der Waals surface area contributed by atoms with Gasteiger partial charge >= 0.3 is 5.97 Å². The smallest absolute Gasteiger partial charge is 0.337 e. The summed E-state index contributed by atoms with van der Waals surface area (Å²) in [6.07, 6.45) is 7.16. The lowest BCUT2D eigenvalue weighted by atomic mass is 9.82. The first-order valence-electron chi connectivity index (χ1n) is 13.1. The van der Waals surface area contributed by atoms with Crippen molar-refractivity contribution in [2.45, 2.75) is 92.0 Å². The molecule has 2 atom stereocenters. The first-order chi connectivity index (χ1) is 16.8. The number of rotatable bonds is 8. The summed E-state index contributed by atoms with van der Waals surface area (Å²) in [5, 5.41) is 10.3. The minimum absolute atomic E-state index is 0.161. The average Bonchev–Trinajstić information content (AvgIpc) is 3.63. The minimum atomic E-state index is -1.13. The first kappa shape index (κ1) is 26.4. The second-order valence-corrected chi connectivity index (χ2v) is 12.2. The third kappa shape index (κ3) is 6.17. The van der Waals surface area contributed by atoms with Gasteiger partial charge in [0.15, 0.2) is 6.10 Å². The number of carboxylic acid groups (broad SMARTS) is 1. The predicted molar refractivity (Wildman–Crippen MR) is 141 cm³/mol. The molecular weight excluding hydrogens is 454 g/mol. The molecule has 4 rings (SSSR count). The van der Waals surface area contributed by atoms with E-state index in [0.717, 1.165) is 42.7 Å². The highest BCUT2D eigenvalue weighted by atomic mass is 16.5. The van der Waals surface area contributed by atoms with Crippen LogP contribution in [0.3, 0.4) is 0 Å². The summed E-state index contributed by atoms with van der Waals surface area (Å²) in [6.45, 7) is 15.9. The van der Waals surface area contributed by atoms with Gasteiger partial charge in [0.1, 0.15) is 6.10 Å². The second-order valence-electron chi connectivity index (χ2n) is 12.2. The number of aromatic nitrogens is 2. The van der Waals surface area contributed by atoms with Gasteiger partial charge in [0.2, 0.25) is 5.88 Å². The predicted octanol–water partition coefficient (Wildman–Crippen LogP) is 6.20. The summed E-state index contributed by atoms with van der Waals surface area (Å²) >= 11 is 0. The van der Waals surface area contributed by atoms with Crippen molar-refractivity contribution in [1.82, 2.24) is 9.97 Å². The van der Waals surface area contributed by atoms with E-state index in [1.165, 1.54) is 12.8 Å². The summed E-state index contributed by atoms with van der Waals surface area (Å²) in [5.74, 6) is 0.224. The highest BCUT2D eigenvalue weighted by molar-refractivity contribution is 5.86. The Morgan fingerprint density at radius 3 is 2.33 bits per heavy atom. The van der Waals surface area contributed by atoms with Gasteiger partial charge in [-0.3, -0.25) is 4.98 Å². The fourth-order valence-electron chi connectivity index (χ4n) is 4.86. The molecule has 0 spiro atoms. The number of carboxylic acids is 1. The van der Waals surface area contributed by atoms with Crippen molar-refractivity contribution >= 4 is 11.7 Å². The Morgan fingerprint density at radius 1 is 1.14 bits per heavy atom. The summed E-state index contributed by atoms with van der Waals surface area (Å²) in [6, 6.07) is 3.90. The number of piperidine rings is 1. The Morgan fingerprint density at radius 2 is 1.81 bits per heavy atom. The molecule has 0 amide bonds. The van der Waals surface area contributed by atoms with Gasteiger partial charge in [-0.2, -0.15) is 0 Å². The number of hydrogen-bond acceptors (Lipinski definition) is 6. The van der Waals surface area contributed by atoms with Crippen molar-refractivity contribution in [3.05, 3.63) is 35.8 Å². The third-order valence-corrected chi connectivity index (χ3v) is 7.32. The summed E-state index contributed by atoms with van der Waals surface area (Å²) in [4.78, 5) is 24.1. The summed E-state index contributed by atoms with van der Waals surface area (Å²) < 4.78 is 12.1. The van der Waals surface area contributed by atoms with Crippen LogP contribution in [0.4, 0.5) is 5.69 Å². The molecule has 7 heteroatoms. The Balaban J connectivity index is 1.78. The largest absolute Gasteiger partial charge is 0.479 e. The zero-order valence-electron chi connectivity index (χ0n) is 22.8. The van der Waals surface area contributed by atoms with E-state index in [1.807, 2.05) is 52.2 Å². The molecule has 1 aliphatic heterocycles. The van der Waals surface area contributed by atoms with Crippen LogP contribution >= 0.6 is 0 Å². The van der Waals surface area contributed by atoms with E-state index >= 15 is 0 Å². The monoisotopic (exact) mass is 495 g/mol. The maximum Gasteiger partial charge on any atom is 0.337 e. The maximum atomic E-state index is 12.5. The zero-order chi connectivity index (χ0) is 26.3. The Hall–Kier alpha value is -2.67. The molecule has 0 unspecified atom stereocenters. The molecule has 2 fully saturated rings. The van der Waals surface area contributed by atoms with Gasteiger partial charge in [0.05, 0.1) is 11.3 Å². The van der Waals surface area contributed by atoms with E-state index in [0.29, 0.717) is 23.1 Å². The van der Waals surface area contributed by atoms with Gasteiger partial charge in [0, 0.05) is 53.9 Å². The summed E-state index contributed by atoms with van der Waals surface area (Å²) in [5.41, 5.74) is 3.55. The van der Waals surface area contributed by atoms with Crippen LogP contribution in [0.15, 0.2) is 24.5 Å². The molecule has 196 valence electrons. The average molecular weight is 496 g/mol. The van der Waals surface area contributed by atoms with E-state index in [4.69, 9.17) is 9.47 Å². The van der Waals surface area contributed by atoms with Crippen molar-refractivity contribution in [3.8, 4) is 17.0 Å². The lowest BCUT2D eigenvalue weighted by Gasteiger charge is -2.40. The normalized spacial score (nSPS) is 19.6. The van der Waals surface area contributed by atoms with E-state index in [9.17, 15) is 9.90 Å². The first-order valence-corrected chi connectivity index (χ1v) is 13.1. The van der Waals surface area contributed by atoms with Crippen LogP contribution in [0.25, 0.3) is 11.1 Å². The molecule has 1 saturated heterocycles. The third-order valence-electron chi connectivity index (χ3n) is 7.32. The van der Waals surface area contributed by atoms with Crippen LogP contribution in [0.5, 0.6) is 5.88 Å². The number of ether oxygens (including phenoxy) is 2. The Labute approximate surface area is 215 Å². The molecule has 2 aromatic heterocycles. The molecule has 7 nitrogen and oxygen atoms in total. The van der Waals surface area contributed by atoms with Gasteiger partial charge < -0.3 is 19.5 Å². The van der Waals surface area contributed by atoms with Crippen LogP contribution < -0.4 is 9.64 Å². The van der Waals surface area contributed by atoms with E-state index < -0.39 is 17.7 Å². The SMILES string of the molecule is Cc1ncc(-c2ccc(O[C@@H](C)C3CC3)nc2)c(N2CCC(C)(C)CC2)c1[C@H](OC(C)(C)C)C(=O)O. The molecule has 1 aliphatic carbocycles. The van der Waals surface area contributed by atoms with Crippen molar-refractivity contribution in [2.24, 2.45) is 11.3 Å². The molecule has 2 aromatic rings. The van der Waals surface area contributed by atoms with Crippen molar-refractivity contribution in [3.63, 3.8) is 0 Å². The number of aryl methyl sites for hydroxylation is 1. The Kier molecular flexibility index (Phi) is 7.33. The fourth-order valence-corrected chi connectivity index (χ4v) is 4.86. The van der Waals surface area contributed by atoms with Gasteiger partial charge in [-0.15, -0.1) is 0 Å². The van der Waals surface area contributed by atoms with E-state index in [2.05, 4.69) is 35.6 Å². The topological polar surface area (TPSA) is 84.8 Å². The molecule has 2 aliphatic rings. The van der Waals surface area contributed by atoms with Crippen LogP contribution in [-0.4, -0.2) is 45.8 Å². The lowest BCUT2D eigenvalue weighted by molar-refractivity contribution is -0.160. The number of aliphatic carboxylic acids is 1. The van der Waals surface area contributed by atoms with Crippen LogP contribution in [0, 0.1) is 18.3 Å². The molecule has 36 heavy (non-hydrogen) atoms.